The molecule has 0 atom stereocenters. The molecule has 0 aromatic carbocycles. The molecule has 1 rings (SSSR count). The van der Waals surface area contributed by atoms with Crippen molar-refractivity contribution >= 4 is 0 Å². The highest BCUT2D eigenvalue weighted by Gasteiger charge is 2.27. The molecule has 4 heteroatoms. The molecule has 0 aromatic rings. The van der Waals surface area contributed by atoms with E-state index in [2.05, 4.69) is 10.1 Å². The SMILES string of the molecule is OC1(O)COCN1. The highest BCUT2D eigenvalue weighted by atomic mass is 16.6. The van der Waals surface area contributed by atoms with Crippen LogP contribution in [-0.4, -0.2) is 29.5 Å². The predicted molar refractivity (Wildman–Crippen MR) is 21.1 cm³/mol. The molecule has 0 amide bonds. The Kier molecular flexibility index (Phi) is 1.01. The molecule has 1 saturated heterocycles. The number of hydrogen-bond acceptors (Lipinski definition) is 4. The first kappa shape index (κ1) is 4.99. The molecule has 0 aromatic heterocycles. The number of rotatable bonds is 0. The van der Waals surface area contributed by atoms with Gasteiger partial charge in [-0.05, 0) is 0 Å². The van der Waals surface area contributed by atoms with Crippen LogP contribution in [-0.2, 0) is 4.74 Å². The predicted octanol–water partition coefficient (Wildman–Crippen LogP) is -1.80. The lowest BCUT2D eigenvalue weighted by Gasteiger charge is -2.09. The quantitative estimate of drug-likeness (QED) is 0.318. The molecule has 1 fully saturated rings. The highest BCUT2D eigenvalue weighted by Crippen LogP contribution is 1.99. The second kappa shape index (κ2) is 1.41. The summed E-state index contributed by atoms with van der Waals surface area (Å²) in [5.41, 5.74) is 0. The Hall–Kier alpha value is -0.160. The van der Waals surface area contributed by atoms with Crippen LogP contribution in [0.2, 0.25) is 0 Å². The summed E-state index contributed by atoms with van der Waals surface area (Å²) < 4.78 is 4.55. The largest absolute Gasteiger partial charge is 0.359 e. The Morgan fingerprint density at radius 3 is 2.43 bits per heavy atom. The monoisotopic (exact) mass is 105 g/mol. The average molecular weight is 105 g/mol. The third-order valence-corrected chi connectivity index (χ3v) is 0.761. The number of nitrogens with one attached hydrogen (secondary N) is 1. The van der Waals surface area contributed by atoms with E-state index < -0.39 is 5.91 Å². The van der Waals surface area contributed by atoms with E-state index in [1.165, 1.54) is 0 Å². The molecule has 0 radical (unpaired) electrons. The van der Waals surface area contributed by atoms with Gasteiger partial charge in [-0.2, -0.15) is 0 Å². The van der Waals surface area contributed by atoms with Gasteiger partial charge in [-0.3, -0.25) is 0 Å². The van der Waals surface area contributed by atoms with Crippen LogP contribution in [0.4, 0.5) is 0 Å². The van der Waals surface area contributed by atoms with E-state index in [1.54, 1.807) is 0 Å². The van der Waals surface area contributed by atoms with E-state index in [1.807, 2.05) is 0 Å². The van der Waals surface area contributed by atoms with Crippen LogP contribution in [0.25, 0.3) is 0 Å². The Morgan fingerprint density at radius 2 is 2.29 bits per heavy atom. The minimum Gasteiger partial charge on any atom is -0.359 e. The summed E-state index contributed by atoms with van der Waals surface area (Å²) >= 11 is 0. The van der Waals surface area contributed by atoms with Crippen molar-refractivity contribution in [3.05, 3.63) is 0 Å². The van der Waals surface area contributed by atoms with Crippen LogP contribution in [0, 0.1) is 0 Å². The average Bonchev–Trinajstić information content (AvgIpc) is 1.84. The van der Waals surface area contributed by atoms with Crippen molar-refractivity contribution in [2.45, 2.75) is 5.91 Å². The molecule has 7 heavy (non-hydrogen) atoms. The van der Waals surface area contributed by atoms with Crippen molar-refractivity contribution in [1.29, 1.82) is 0 Å². The van der Waals surface area contributed by atoms with Gasteiger partial charge in [-0.15, -0.1) is 0 Å². The van der Waals surface area contributed by atoms with Gasteiger partial charge < -0.3 is 14.9 Å². The van der Waals surface area contributed by atoms with Crippen LogP contribution in [0.15, 0.2) is 0 Å². The van der Waals surface area contributed by atoms with Gasteiger partial charge in [0.25, 0.3) is 0 Å². The van der Waals surface area contributed by atoms with Crippen molar-refractivity contribution < 1.29 is 14.9 Å². The zero-order valence-electron chi connectivity index (χ0n) is 3.72. The minimum absolute atomic E-state index is 0.0486. The molecule has 3 N–H and O–H groups in total. The van der Waals surface area contributed by atoms with E-state index >= 15 is 0 Å². The lowest BCUT2D eigenvalue weighted by molar-refractivity contribution is -0.172. The fourth-order valence-corrected chi connectivity index (χ4v) is 0.411. The summed E-state index contributed by atoms with van der Waals surface area (Å²) in [5.74, 6) is -1.78. The van der Waals surface area contributed by atoms with Crippen molar-refractivity contribution in [2.24, 2.45) is 0 Å². The van der Waals surface area contributed by atoms with Gasteiger partial charge in [0, 0.05) is 0 Å². The smallest absolute Gasteiger partial charge is 0.248 e. The highest BCUT2D eigenvalue weighted by molar-refractivity contribution is 4.62. The first-order chi connectivity index (χ1) is 3.21. The third kappa shape index (κ3) is 1.10. The first-order valence-electron chi connectivity index (χ1n) is 1.98. The molecule has 1 aliphatic heterocycles. The van der Waals surface area contributed by atoms with Gasteiger partial charge in [-0.25, -0.2) is 5.32 Å². The van der Waals surface area contributed by atoms with E-state index in [4.69, 9.17) is 10.2 Å². The van der Waals surface area contributed by atoms with Gasteiger partial charge in [0.15, 0.2) is 0 Å². The summed E-state index contributed by atoms with van der Waals surface area (Å²) in [7, 11) is 0. The van der Waals surface area contributed by atoms with E-state index in [0.717, 1.165) is 0 Å². The zero-order valence-corrected chi connectivity index (χ0v) is 3.72. The van der Waals surface area contributed by atoms with Crippen LogP contribution < -0.4 is 5.32 Å². The second-order valence-electron chi connectivity index (χ2n) is 1.49. The van der Waals surface area contributed by atoms with Gasteiger partial charge in [-0.1, -0.05) is 0 Å². The summed E-state index contributed by atoms with van der Waals surface area (Å²) in [5, 5.41) is 19.3. The standard InChI is InChI=1S/C3H7NO3/c5-3(6)1-7-2-4-3/h4-6H,1-2H2. The van der Waals surface area contributed by atoms with Gasteiger partial charge in [0.05, 0.1) is 0 Å². The molecule has 4 nitrogen and oxygen atoms in total. The lowest BCUT2D eigenvalue weighted by atomic mass is 10.6. The van der Waals surface area contributed by atoms with Crippen molar-refractivity contribution in [3.63, 3.8) is 0 Å². The third-order valence-electron chi connectivity index (χ3n) is 0.761. The molecule has 0 bridgehead atoms. The van der Waals surface area contributed by atoms with Crippen LogP contribution in [0.1, 0.15) is 0 Å². The normalized spacial score (nSPS) is 28.3. The maximum Gasteiger partial charge on any atom is 0.248 e. The molecule has 0 aliphatic carbocycles. The number of hydrogen-bond donors (Lipinski definition) is 3. The summed E-state index contributed by atoms with van der Waals surface area (Å²) in [6, 6.07) is 0. The van der Waals surface area contributed by atoms with Crippen LogP contribution in [0.3, 0.4) is 0 Å². The first-order valence-corrected chi connectivity index (χ1v) is 1.98. The molecule has 0 spiro atoms. The van der Waals surface area contributed by atoms with E-state index in [-0.39, 0.29) is 13.3 Å². The molecule has 1 aliphatic rings. The second-order valence-corrected chi connectivity index (χ2v) is 1.49. The molecule has 1 heterocycles. The number of ether oxygens (including phenoxy) is 1. The molecule has 42 valence electrons. The maximum atomic E-state index is 8.51. The van der Waals surface area contributed by atoms with Crippen molar-refractivity contribution in [2.75, 3.05) is 13.3 Å². The zero-order chi connectivity index (χ0) is 5.33. The summed E-state index contributed by atoms with van der Waals surface area (Å²) in [6.45, 7) is 0.167. The fourth-order valence-electron chi connectivity index (χ4n) is 0.411. The van der Waals surface area contributed by atoms with Crippen LogP contribution in [0.5, 0.6) is 0 Å². The molecule has 0 saturated carbocycles. The topological polar surface area (TPSA) is 61.7 Å². The van der Waals surface area contributed by atoms with Gasteiger partial charge in [0.1, 0.15) is 13.3 Å². The van der Waals surface area contributed by atoms with E-state index in [9.17, 15) is 0 Å². The fraction of sp³-hybridized carbons (Fsp3) is 1.00. The van der Waals surface area contributed by atoms with Gasteiger partial charge in [0.2, 0.25) is 5.91 Å². The molecular weight excluding hydrogens is 98.0 g/mol. The Labute approximate surface area is 40.7 Å². The number of aliphatic hydroxyl groups is 2. The molecule has 0 unspecified atom stereocenters. The molecular formula is C3H7NO3. The van der Waals surface area contributed by atoms with Crippen LogP contribution >= 0.6 is 0 Å². The minimum atomic E-state index is -1.78. The summed E-state index contributed by atoms with van der Waals surface area (Å²) in [6.07, 6.45) is 0. The van der Waals surface area contributed by atoms with Crippen molar-refractivity contribution in [3.8, 4) is 0 Å². The van der Waals surface area contributed by atoms with E-state index in [0.29, 0.717) is 0 Å². The summed E-state index contributed by atoms with van der Waals surface area (Å²) in [4.78, 5) is 0. The van der Waals surface area contributed by atoms with Gasteiger partial charge >= 0.3 is 0 Å². The maximum absolute atomic E-state index is 8.51. The lowest BCUT2D eigenvalue weighted by Crippen LogP contribution is -2.41. The van der Waals surface area contributed by atoms with Crippen molar-refractivity contribution in [1.82, 2.24) is 5.32 Å². The Balaban J connectivity index is 2.40. The Morgan fingerprint density at radius 1 is 1.57 bits per heavy atom. The Bertz CT molecular complexity index is 64.6.